The second-order valence-corrected chi connectivity index (χ2v) is 4.99. The first kappa shape index (κ1) is 13.0. The van der Waals surface area contributed by atoms with Crippen LogP contribution < -0.4 is 0 Å². The van der Waals surface area contributed by atoms with E-state index in [4.69, 9.17) is 11.6 Å². The number of aryl methyl sites for hydroxylation is 1. The van der Waals surface area contributed by atoms with Crippen molar-refractivity contribution in [3.8, 4) is 0 Å². The van der Waals surface area contributed by atoms with Gasteiger partial charge in [-0.2, -0.15) is 0 Å². The van der Waals surface area contributed by atoms with Crippen LogP contribution in [0.25, 0.3) is 0 Å². The van der Waals surface area contributed by atoms with Gasteiger partial charge in [0.15, 0.2) is 0 Å². The third-order valence-electron chi connectivity index (χ3n) is 3.23. The lowest BCUT2D eigenvalue weighted by Gasteiger charge is -2.17. The third-order valence-corrected chi connectivity index (χ3v) is 3.63. The van der Waals surface area contributed by atoms with Gasteiger partial charge in [0.25, 0.3) is 6.04 Å². The molecule has 96 valence electrons. The molecule has 1 aliphatic rings. The van der Waals surface area contributed by atoms with Crippen LogP contribution in [0.2, 0.25) is 5.02 Å². The van der Waals surface area contributed by atoms with Crippen LogP contribution in [-0.4, -0.2) is 16.7 Å². The molecule has 1 saturated carbocycles. The SMILES string of the molecule is Cc1ccc(N=C2CCCC[C@H]2[N+](=O)[O-])cc1Cl. The molecule has 1 aromatic carbocycles. The average Bonchev–Trinajstić information content (AvgIpc) is 2.34. The zero-order chi connectivity index (χ0) is 13.1. The molecule has 0 heterocycles. The maximum atomic E-state index is 11.0. The Bertz CT molecular complexity index is 500. The molecule has 0 aromatic heterocycles. The van der Waals surface area contributed by atoms with Crippen LogP contribution in [0.15, 0.2) is 23.2 Å². The standard InChI is InChI=1S/C13H15ClN2O2/c1-9-6-7-10(8-11(9)14)15-12-4-2-3-5-13(12)16(17)18/h6-8,13H,2-5H2,1H3/t13-/m1/s1. The summed E-state index contributed by atoms with van der Waals surface area (Å²) in [5.74, 6) is 0. The predicted molar refractivity (Wildman–Crippen MR) is 72.5 cm³/mol. The normalized spacial score (nSPS) is 22.1. The number of benzene rings is 1. The number of hydrogen-bond donors (Lipinski definition) is 0. The molecule has 0 unspecified atom stereocenters. The highest BCUT2D eigenvalue weighted by molar-refractivity contribution is 6.31. The van der Waals surface area contributed by atoms with E-state index in [2.05, 4.69) is 4.99 Å². The van der Waals surface area contributed by atoms with Gasteiger partial charge in [0.05, 0.1) is 11.4 Å². The van der Waals surface area contributed by atoms with Gasteiger partial charge in [-0.25, -0.2) is 0 Å². The van der Waals surface area contributed by atoms with E-state index in [1.807, 2.05) is 19.1 Å². The molecule has 1 aromatic rings. The molecular formula is C13H15ClN2O2. The van der Waals surface area contributed by atoms with Crippen molar-refractivity contribution in [2.24, 2.45) is 4.99 Å². The molecule has 5 heteroatoms. The first-order valence-electron chi connectivity index (χ1n) is 6.05. The van der Waals surface area contributed by atoms with Crippen LogP contribution in [0.4, 0.5) is 5.69 Å². The molecule has 4 nitrogen and oxygen atoms in total. The monoisotopic (exact) mass is 266 g/mol. The third kappa shape index (κ3) is 2.88. The van der Waals surface area contributed by atoms with Crippen LogP contribution in [0.3, 0.4) is 0 Å². The number of aliphatic imine (C=N–C) groups is 1. The summed E-state index contributed by atoms with van der Waals surface area (Å²) in [6.45, 7) is 1.92. The molecular weight excluding hydrogens is 252 g/mol. The Morgan fingerprint density at radius 1 is 1.44 bits per heavy atom. The number of nitrogens with zero attached hydrogens (tertiary/aromatic N) is 2. The quantitative estimate of drug-likeness (QED) is 0.601. The van der Waals surface area contributed by atoms with Crippen LogP contribution in [-0.2, 0) is 0 Å². The summed E-state index contributed by atoms with van der Waals surface area (Å²) in [7, 11) is 0. The van der Waals surface area contributed by atoms with Crippen LogP contribution in [0.1, 0.15) is 31.2 Å². The summed E-state index contributed by atoms with van der Waals surface area (Å²) < 4.78 is 0. The van der Waals surface area contributed by atoms with E-state index in [0.717, 1.165) is 18.4 Å². The van der Waals surface area contributed by atoms with Crippen molar-refractivity contribution in [2.45, 2.75) is 38.6 Å². The second kappa shape index (κ2) is 5.48. The highest BCUT2D eigenvalue weighted by Gasteiger charge is 2.29. The Morgan fingerprint density at radius 2 is 2.22 bits per heavy atom. The van der Waals surface area contributed by atoms with Gasteiger partial charge in [-0.3, -0.25) is 15.1 Å². The topological polar surface area (TPSA) is 55.5 Å². The second-order valence-electron chi connectivity index (χ2n) is 4.58. The van der Waals surface area contributed by atoms with E-state index in [-0.39, 0.29) is 4.92 Å². The maximum absolute atomic E-state index is 11.0. The number of hydrogen-bond acceptors (Lipinski definition) is 3. The summed E-state index contributed by atoms with van der Waals surface area (Å²) in [6, 6.07) is 4.86. The molecule has 2 rings (SSSR count). The minimum Gasteiger partial charge on any atom is -0.264 e. The van der Waals surface area contributed by atoms with Gasteiger partial charge in [0.2, 0.25) is 0 Å². The van der Waals surface area contributed by atoms with E-state index in [9.17, 15) is 10.1 Å². The van der Waals surface area contributed by atoms with Crippen molar-refractivity contribution in [3.63, 3.8) is 0 Å². The smallest absolute Gasteiger partial charge is 0.250 e. The summed E-state index contributed by atoms with van der Waals surface area (Å²) in [4.78, 5) is 15.2. The van der Waals surface area contributed by atoms with Gasteiger partial charge in [-0.15, -0.1) is 0 Å². The zero-order valence-corrected chi connectivity index (χ0v) is 11.0. The molecule has 18 heavy (non-hydrogen) atoms. The van der Waals surface area contributed by atoms with Crippen molar-refractivity contribution in [1.29, 1.82) is 0 Å². The molecule has 1 atom stereocenters. The molecule has 0 spiro atoms. The molecule has 1 fully saturated rings. The van der Waals surface area contributed by atoms with Crippen LogP contribution in [0, 0.1) is 17.0 Å². The van der Waals surface area contributed by atoms with E-state index < -0.39 is 6.04 Å². The van der Waals surface area contributed by atoms with Gasteiger partial charge in [-0.1, -0.05) is 17.7 Å². The molecule has 0 bridgehead atoms. The van der Waals surface area contributed by atoms with Crippen molar-refractivity contribution in [2.75, 3.05) is 0 Å². The van der Waals surface area contributed by atoms with Gasteiger partial charge < -0.3 is 0 Å². The highest BCUT2D eigenvalue weighted by atomic mass is 35.5. The molecule has 0 aliphatic heterocycles. The van der Waals surface area contributed by atoms with E-state index in [1.165, 1.54) is 0 Å². The average molecular weight is 267 g/mol. The molecule has 0 saturated heterocycles. The Balaban J connectivity index is 2.29. The van der Waals surface area contributed by atoms with Gasteiger partial charge in [-0.05, 0) is 43.9 Å². The zero-order valence-electron chi connectivity index (χ0n) is 10.2. The number of rotatable bonds is 2. The number of halogens is 1. The Kier molecular flexibility index (Phi) is 3.97. The summed E-state index contributed by atoms with van der Waals surface area (Å²) >= 11 is 6.03. The van der Waals surface area contributed by atoms with Crippen LogP contribution in [0.5, 0.6) is 0 Å². The minimum atomic E-state index is -0.626. The van der Waals surface area contributed by atoms with Crippen LogP contribution >= 0.6 is 11.6 Å². The van der Waals surface area contributed by atoms with Crippen molar-refractivity contribution in [3.05, 3.63) is 38.9 Å². The Labute approximate surface area is 111 Å². The van der Waals surface area contributed by atoms with Gasteiger partial charge in [0.1, 0.15) is 0 Å². The first-order chi connectivity index (χ1) is 8.58. The molecule has 0 amide bonds. The van der Waals surface area contributed by atoms with Gasteiger partial charge in [0, 0.05) is 16.4 Å². The summed E-state index contributed by atoms with van der Waals surface area (Å²) in [6.07, 6.45) is 3.17. The molecule has 1 aliphatic carbocycles. The summed E-state index contributed by atoms with van der Waals surface area (Å²) in [5, 5.41) is 11.6. The number of nitro groups is 1. The first-order valence-corrected chi connectivity index (χ1v) is 6.43. The van der Waals surface area contributed by atoms with E-state index >= 15 is 0 Å². The Hall–Kier alpha value is -1.42. The van der Waals surface area contributed by atoms with Crippen molar-refractivity contribution in [1.82, 2.24) is 0 Å². The minimum absolute atomic E-state index is 0.228. The fourth-order valence-electron chi connectivity index (χ4n) is 2.15. The lowest BCUT2D eigenvalue weighted by Crippen LogP contribution is -2.32. The largest absolute Gasteiger partial charge is 0.264 e. The van der Waals surface area contributed by atoms with E-state index in [1.54, 1.807) is 6.07 Å². The maximum Gasteiger partial charge on any atom is 0.250 e. The molecule has 0 N–H and O–H groups in total. The fourth-order valence-corrected chi connectivity index (χ4v) is 2.33. The molecule has 0 radical (unpaired) electrons. The lowest BCUT2D eigenvalue weighted by atomic mass is 9.93. The fraction of sp³-hybridized carbons (Fsp3) is 0.462. The van der Waals surface area contributed by atoms with E-state index in [0.29, 0.717) is 29.3 Å². The van der Waals surface area contributed by atoms with Crippen molar-refractivity contribution < 1.29 is 4.92 Å². The highest BCUT2D eigenvalue weighted by Crippen LogP contribution is 2.25. The summed E-state index contributed by atoms with van der Waals surface area (Å²) in [5.41, 5.74) is 2.36. The lowest BCUT2D eigenvalue weighted by molar-refractivity contribution is -0.504. The van der Waals surface area contributed by atoms with Gasteiger partial charge >= 0.3 is 0 Å². The Morgan fingerprint density at radius 3 is 2.89 bits per heavy atom. The predicted octanol–water partition coefficient (Wildman–Crippen LogP) is 3.94. The van der Waals surface area contributed by atoms with Crippen molar-refractivity contribution >= 4 is 23.0 Å².